The number of rotatable bonds is 9. The zero-order valence-corrected chi connectivity index (χ0v) is 21.3. The first-order valence-electron chi connectivity index (χ1n) is 11.0. The van der Waals surface area contributed by atoms with Gasteiger partial charge in [0.1, 0.15) is 12.3 Å². The predicted molar refractivity (Wildman–Crippen MR) is 141 cm³/mol. The van der Waals surface area contributed by atoms with Crippen LogP contribution < -0.4 is 20.3 Å². The van der Waals surface area contributed by atoms with Crippen LogP contribution in [0.1, 0.15) is 0 Å². The van der Waals surface area contributed by atoms with Crippen molar-refractivity contribution in [1.82, 2.24) is 4.90 Å². The van der Waals surface area contributed by atoms with Gasteiger partial charge in [-0.1, -0.05) is 59.6 Å². The summed E-state index contributed by atoms with van der Waals surface area (Å²) in [7, 11) is 3.08. The Bertz CT molecular complexity index is 1190. The Kier molecular flexibility index (Phi) is 9.30. The van der Waals surface area contributed by atoms with E-state index in [2.05, 4.69) is 0 Å². The number of likely N-dealkylation sites (N-methyl/N-ethyl adjacent to an activating group) is 2. The second kappa shape index (κ2) is 12.4. The van der Waals surface area contributed by atoms with Crippen LogP contribution in [0.2, 0.25) is 10.0 Å². The number of benzene rings is 3. The van der Waals surface area contributed by atoms with Gasteiger partial charge in [0.25, 0.3) is 12.1 Å². The van der Waals surface area contributed by atoms with Crippen LogP contribution in [0.4, 0.5) is 11.4 Å². The molecule has 1 unspecified atom stereocenters. The number of amides is 3. The number of hydrogen-bond acceptors (Lipinski definition) is 5. The summed E-state index contributed by atoms with van der Waals surface area (Å²) in [6.45, 7) is -0.883. The van der Waals surface area contributed by atoms with Crippen molar-refractivity contribution in [3.63, 3.8) is 0 Å². The molecule has 0 fully saturated rings. The van der Waals surface area contributed by atoms with Gasteiger partial charge in [0.05, 0.1) is 6.54 Å². The number of ether oxygens (including phenoxy) is 1. The van der Waals surface area contributed by atoms with Crippen LogP contribution >= 0.6 is 23.2 Å². The summed E-state index contributed by atoms with van der Waals surface area (Å²) in [6.07, 6.45) is -1.50. The van der Waals surface area contributed by atoms with Gasteiger partial charge in [-0.3, -0.25) is 19.3 Å². The van der Waals surface area contributed by atoms with E-state index in [1.165, 1.54) is 22.9 Å². The van der Waals surface area contributed by atoms with Crippen LogP contribution in [0.15, 0.2) is 78.9 Å². The summed E-state index contributed by atoms with van der Waals surface area (Å²) < 4.78 is 5.97. The molecule has 8 nitrogen and oxygen atoms in total. The average molecular weight is 529 g/mol. The molecule has 188 valence electrons. The van der Waals surface area contributed by atoms with E-state index in [1.807, 2.05) is 6.07 Å². The molecule has 0 radical (unpaired) electrons. The zero-order valence-electron chi connectivity index (χ0n) is 19.8. The summed E-state index contributed by atoms with van der Waals surface area (Å²) in [5, 5.41) is 0.652. The number of hydrogen-bond donors (Lipinski definition) is 1. The van der Waals surface area contributed by atoms with E-state index in [1.54, 1.807) is 73.8 Å². The molecule has 3 aromatic rings. The number of halogens is 2. The third-order valence-electron chi connectivity index (χ3n) is 5.37. The zero-order chi connectivity index (χ0) is 26.2. The molecule has 0 aliphatic heterocycles. The fraction of sp³-hybridized carbons (Fsp3) is 0.192. The summed E-state index contributed by atoms with van der Waals surface area (Å²) in [5.74, 6) is -1.39. The minimum absolute atomic E-state index is 0.326. The van der Waals surface area contributed by atoms with Gasteiger partial charge in [0.2, 0.25) is 11.8 Å². The van der Waals surface area contributed by atoms with Crippen molar-refractivity contribution < 1.29 is 19.1 Å². The van der Waals surface area contributed by atoms with Crippen molar-refractivity contribution >= 4 is 52.3 Å². The molecule has 0 bridgehead atoms. The molecular weight excluding hydrogens is 503 g/mol. The second-order valence-corrected chi connectivity index (χ2v) is 8.70. The lowest BCUT2D eigenvalue weighted by atomic mass is 10.2. The van der Waals surface area contributed by atoms with Gasteiger partial charge < -0.3 is 20.3 Å². The van der Waals surface area contributed by atoms with Crippen molar-refractivity contribution in [2.45, 2.75) is 6.23 Å². The van der Waals surface area contributed by atoms with Crippen molar-refractivity contribution in [1.29, 1.82) is 0 Å². The molecule has 0 aromatic heterocycles. The number of para-hydroxylation sites is 2. The summed E-state index contributed by atoms with van der Waals surface area (Å²) in [6, 6.07) is 22.1. The number of carbonyl (C=O) groups is 3. The van der Waals surface area contributed by atoms with Gasteiger partial charge in [0.15, 0.2) is 0 Å². The Hall–Kier alpha value is -3.59. The normalized spacial score (nSPS) is 11.4. The molecule has 0 saturated carbocycles. The van der Waals surface area contributed by atoms with E-state index < -0.39 is 37.0 Å². The highest BCUT2D eigenvalue weighted by atomic mass is 35.5. The fourth-order valence-corrected chi connectivity index (χ4v) is 3.88. The Balaban J connectivity index is 1.97. The van der Waals surface area contributed by atoms with Gasteiger partial charge in [-0.2, -0.15) is 0 Å². The van der Waals surface area contributed by atoms with E-state index in [-0.39, 0.29) is 0 Å². The lowest BCUT2D eigenvalue weighted by Gasteiger charge is -2.34. The molecule has 0 saturated heterocycles. The number of anilines is 2. The molecule has 0 heterocycles. The first-order chi connectivity index (χ1) is 17.2. The smallest absolute Gasteiger partial charge is 0.289 e. The molecule has 36 heavy (non-hydrogen) atoms. The average Bonchev–Trinajstić information content (AvgIpc) is 2.89. The van der Waals surface area contributed by atoms with Crippen LogP contribution in [0, 0.1) is 0 Å². The summed E-state index contributed by atoms with van der Waals surface area (Å²) in [5.41, 5.74) is 6.67. The van der Waals surface area contributed by atoms with Crippen molar-refractivity contribution in [3.05, 3.63) is 88.9 Å². The number of nitrogens with zero attached hydrogens (tertiary/aromatic N) is 3. The van der Waals surface area contributed by atoms with Gasteiger partial charge in [-0.05, 0) is 42.5 Å². The molecule has 3 amide bonds. The van der Waals surface area contributed by atoms with Crippen LogP contribution in [0.5, 0.6) is 5.75 Å². The minimum atomic E-state index is -1.50. The maximum atomic E-state index is 13.7. The second-order valence-electron chi connectivity index (χ2n) is 7.82. The van der Waals surface area contributed by atoms with Crippen LogP contribution in [-0.2, 0) is 14.4 Å². The molecule has 3 rings (SSSR count). The third-order valence-corrected chi connectivity index (χ3v) is 5.81. The van der Waals surface area contributed by atoms with E-state index in [0.29, 0.717) is 27.2 Å². The topological polar surface area (TPSA) is 96.2 Å². The lowest BCUT2D eigenvalue weighted by molar-refractivity contribution is -0.150. The Morgan fingerprint density at radius 1 is 0.806 bits per heavy atom. The van der Waals surface area contributed by atoms with Crippen molar-refractivity contribution in [2.75, 3.05) is 37.0 Å². The van der Waals surface area contributed by atoms with Gasteiger partial charge >= 0.3 is 0 Å². The van der Waals surface area contributed by atoms with Crippen LogP contribution in [0.3, 0.4) is 0 Å². The number of carbonyl (C=O) groups excluding carboxylic acids is 3. The third kappa shape index (κ3) is 6.75. The predicted octanol–water partition coefficient (Wildman–Crippen LogP) is 3.81. The largest absolute Gasteiger partial charge is 0.461 e. The van der Waals surface area contributed by atoms with E-state index >= 15 is 0 Å². The van der Waals surface area contributed by atoms with Gasteiger partial charge in [-0.15, -0.1) is 0 Å². The molecule has 3 aromatic carbocycles. The van der Waals surface area contributed by atoms with Crippen LogP contribution in [-0.4, -0.2) is 56.0 Å². The maximum Gasteiger partial charge on any atom is 0.289 e. The van der Waals surface area contributed by atoms with Crippen molar-refractivity contribution in [3.8, 4) is 5.75 Å². The summed E-state index contributed by atoms with van der Waals surface area (Å²) >= 11 is 12.2. The van der Waals surface area contributed by atoms with Gasteiger partial charge in [-0.25, -0.2) is 0 Å². The maximum absolute atomic E-state index is 13.7. The number of nitrogens with two attached hydrogens (primary N) is 1. The molecule has 1 atom stereocenters. The van der Waals surface area contributed by atoms with Crippen molar-refractivity contribution in [2.24, 2.45) is 5.73 Å². The fourth-order valence-electron chi connectivity index (χ4n) is 3.37. The molecular formula is C26H26Cl2N4O4. The minimum Gasteiger partial charge on any atom is -0.461 e. The molecule has 0 aliphatic rings. The first-order valence-corrected chi connectivity index (χ1v) is 11.7. The van der Waals surface area contributed by atoms with E-state index in [4.69, 9.17) is 33.7 Å². The highest BCUT2D eigenvalue weighted by Gasteiger charge is 2.36. The SMILES string of the molecule is CN(C(=O)CN(C(=O)CN)C(Oc1ccccc1)C(=O)N(C)c1cc(Cl)cc(Cl)c1)c1ccccc1. The van der Waals surface area contributed by atoms with Crippen LogP contribution in [0.25, 0.3) is 0 Å². The highest BCUT2D eigenvalue weighted by molar-refractivity contribution is 6.35. The quantitative estimate of drug-likeness (QED) is 0.426. The molecule has 10 heteroatoms. The summed E-state index contributed by atoms with van der Waals surface area (Å²) in [4.78, 5) is 43.5. The molecule has 0 aliphatic carbocycles. The Morgan fingerprint density at radius 2 is 1.36 bits per heavy atom. The van der Waals surface area contributed by atoms with Gasteiger partial charge in [0, 0.05) is 35.5 Å². The monoisotopic (exact) mass is 528 g/mol. The van der Waals surface area contributed by atoms with E-state index in [0.717, 1.165) is 4.90 Å². The Morgan fingerprint density at radius 3 is 1.92 bits per heavy atom. The highest BCUT2D eigenvalue weighted by Crippen LogP contribution is 2.26. The first kappa shape index (κ1) is 27.0. The molecule has 0 spiro atoms. The molecule has 2 N–H and O–H groups in total. The standard InChI is InChI=1S/C26H26Cl2N4O4/c1-30(20-9-5-3-6-10-20)24(34)17-32(23(33)16-29)26(36-22-11-7-4-8-12-22)25(35)31(2)21-14-18(27)13-19(28)15-21/h3-15,26H,16-17,29H2,1-2H3. The lowest BCUT2D eigenvalue weighted by Crippen LogP contribution is -2.57. The Labute approximate surface area is 219 Å². The van der Waals surface area contributed by atoms with E-state index in [9.17, 15) is 14.4 Å².